The van der Waals surface area contributed by atoms with Crippen LogP contribution in [-0.4, -0.2) is 48.4 Å². The highest BCUT2D eigenvalue weighted by Gasteiger charge is 2.24. The maximum absolute atomic E-state index is 12.9. The van der Waals surface area contributed by atoms with Crippen LogP contribution in [0.1, 0.15) is 30.4 Å². The molecule has 1 aliphatic heterocycles. The first kappa shape index (κ1) is 16.7. The molecule has 3 rings (SSSR count). The van der Waals surface area contributed by atoms with Gasteiger partial charge in [0.25, 0.3) is 0 Å². The summed E-state index contributed by atoms with van der Waals surface area (Å²) in [7, 11) is 0. The first-order valence-corrected chi connectivity index (χ1v) is 8.88. The van der Waals surface area contributed by atoms with E-state index in [1.165, 1.54) is 11.1 Å². The molecule has 1 saturated heterocycles. The lowest BCUT2D eigenvalue weighted by Gasteiger charge is -2.35. The van der Waals surface area contributed by atoms with Crippen molar-refractivity contribution >= 4 is 5.91 Å². The minimum absolute atomic E-state index is 0.129. The van der Waals surface area contributed by atoms with Crippen LogP contribution in [0.3, 0.4) is 0 Å². The van der Waals surface area contributed by atoms with Crippen LogP contribution in [0.4, 0.5) is 0 Å². The fourth-order valence-electron chi connectivity index (χ4n) is 3.42. The quantitative estimate of drug-likeness (QED) is 0.842. The Kier molecular flexibility index (Phi) is 5.65. The lowest BCUT2D eigenvalue weighted by atomic mass is 9.88. The molecular formula is C21H26N2O. The summed E-state index contributed by atoms with van der Waals surface area (Å²) < 4.78 is 0. The van der Waals surface area contributed by atoms with Gasteiger partial charge in [-0.2, -0.15) is 0 Å². The molecule has 0 spiro atoms. The van der Waals surface area contributed by atoms with E-state index in [2.05, 4.69) is 60.4 Å². The number of benzene rings is 2. The molecular weight excluding hydrogens is 296 g/mol. The molecule has 3 heteroatoms. The second-order valence-corrected chi connectivity index (χ2v) is 6.39. The average Bonchev–Trinajstić information content (AvgIpc) is 2.67. The third-order valence-corrected chi connectivity index (χ3v) is 4.95. The average molecular weight is 322 g/mol. The summed E-state index contributed by atoms with van der Waals surface area (Å²) in [5.41, 5.74) is 2.42. The van der Waals surface area contributed by atoms with Crippen molar-refractivity contribution in [1.29, 1.82) is 0 Å². The molecule has 0 atom stereocenters. The predicted molar refractivity (Wildman–Crippen MR) is 98.0 cm³/mol. The minimum Gasteiger partial charge on any atom is -0.340 e. The van der Waals surface area contributed by atoms with E-state index in [1.807, 2.05) is 17.0 Å². The third kappa shape index (κ3) is 4.04. The lowest BCUT2D eigenvalue weighted by molar-refractivity contribution is -0.133. The zero-order chi connectivity index (χ0) is 16.8. The molecule has 126 valence electrons. The Bertz CT molecular complexity index is 594. The number of hydrogen-bond acceptors (Lipinski definition) is 2. The summed E-state index contributed by atoms with van der Waals surface area (Å²) in [5.74, 6) is 0.396. The van der Waals surface area contributed by atoms with Crippen LogP contribution in [0.25, 0.3) is 0 Å². The van der Waals surface area contributed by atoms with Crippen LogP contribution >= 0.6 is 0 Å². The number of likely N-dealkylation sites (N-methyl/N-ethyl adjacent to an activating group) is 1. The van der Waals surface area contributed by atoms with Gasteiger partial charge in [-0.15, -0.1) is 0 Å². The summed E-state index contributed by atoms with van der Waals surface area (Å²) in [6.07, 6.45) is 0.542. The molecule has 0 radical (unpaired) electrons. The van der Waals surface area contributed by atoms with Crippen LogP contribution in [0, 0.1) is 0 Å². The maximum Gasteiger partial charge on any atom is 0.223 e. The van der Waals surface area contributed by atoms with Gasteiger partial charge in [-0.25, -0.2) is 0 Å². The van der Waals surface area contributed by atoms with E-state index in [4.69, 9.17) is 0 Å². The normalized spacial score (nSPS) is 15.7. The lowest BCUT2D eigenvalue weighted by Crippen LogP contribution is -2.48. The third-order valence-electron chi connectivity index (χ3n) is 4.95. The Hall–Kier alpha value is -2.13. The van der Waals surface area contributed by atoms with Crippen molar-refractivity contribution in [2.24, 2.45) is 0 Å². The topological polar surface area (TPSA) is 23.6 Å². The van der Waals surface area contributed by atoms with Crippen LogP contribution in [0.15, 0.2) is 60.7 Å². The Morgan fingerprint density at radius 1 is 0.875 bits per heavy atom. The summed E-state index contributed by atoms with van der Waals surface area (Å²) in [6, 6.07) is 20.8. The molecule has 1 fully saturated rings. The highest BCUT2D eigenvalue weighted by Crippen LogP contribution is 2.28. The molecule has 0 bridgehead atoms. The molecule has 1 amide bonds. The SMILES string of the molecule is CCN1CCN(C(=O)CC(c2ccccc2)c2ccccc2)CC1. The van der Waals surface area contributed by atoms with E-state index in [0.29, 0.717) is 6.42 Å². The number of piperazine rings is 1. The van der Waals surface area contributed by atoms with Crippen LogP contribution in [0.2, 0.25) is 0 Å². The van der Waals surface area contributed by atoms with Gasteiger partial charge in [0.05, 0.1) is 0 Å². The Labute approximate surface area is 144 Å². The molecule has 0 saturated carbocycles. The second-order valence-electron chi connectivity index (χ2n) is 6.39. The van der Waals surface area contributed by atoms with E-state index >= 15 is 0 Å². The van der Waals surface area contributed by atoms with Crippen molar-refractivity contribution in [3.63, 3.8) is 0 Å². The highest BCUT2D eigenvalue weighted by molar-refractivity contribution is 5.78. The first-order chi connectivity index (χ1) is 11.8. The van der Waals surface area contributed by atoms with Crippen molar-refractivity contribution in [3.8, 4) is 0 Å². The molecule has 0 N–H and O–H groups in total. The summed E-state index contributed by atoms with van der Waals surface area (Å²) in [4.78, 5) is 17.3. The summed E-state index contributed by atoms with van der Waals surface area (Å²) >= 11 is 0. The van der Waals surface area contributed by atoms with Crippen molar-refractivity contribution in [1.82, 2.24) is 9.80 Å². The van der Waals surface area contributed by atoms with Crippen molar-refractivity contribution in [3.05, 3.63) is 71.8 Å². The smallest absolute Gasteiger partial charge is 0.223 e. The minimum atomic E-state index is 0.129. The monoisotopic (exact) mass is 322 g/mol. The van der Waals surface area contributed by atoms with E-state index in [0.717, 1.165) is 32.7 Å². The number of nitrogens with zero attached hydrogens (tertiary/aromatic N) is 2. The molecule has 0 aromatic heterocycles. The molecule has 24 heavy (non-hydrogen) atoms. The molecule has 2 aromatic rings. The second kappa shape index (κ2) is 8.11. The van der Waals surface area contributed by atoms with E-state index in [9.17, 15) is 4.79 Å². The fraction of sp³-hybridized carbons (Fsp3) is 0.381. The largest absolute Gasteiger partial charge is 0.340 e. The molecule has 0 aliphatic carbocycles. The van der Waals surface area contributed by atoms with Gasteiger partial charge in [-0.1, -0.05) is 67.6 Å². The van der Waals surface area contributed by atoms with Gasteiger partial charge in [0.15, 0.2) is 0 Å². The van der Waals surface area contributed by atoms with Gasteiger partial charge < -0.3 is 9.80 Å². The van der Waals surface area contributed by atoms with Crippen molar-refractivity contribution in [2.75, 3.05) is 32.7 Å². The first-order valence-electron chi connectivity index (χ1n) is 8.88. The van der Waals surface area contributed by atoms with E-state index in [-0.39, 0.29) is 11.8 Å². The number of rotatable bonds is 5. The predicted octanol–water partition coefficient (Wildman–Crippen LogP) is 3.37. The molecule has 3 nitrogen and oxygen atoms in total. The Balaban J connectivity index is 1.74. The number of carbonyl (C=O) groups is 1. The molecule has 2 aromatic carbocycles. The molecule has 1 heterocycles. The van der Waals surface area contributed by atoms with Crippen LogP contribution in [0.5, 0.6) is 0 Å². The van der Waals surface area contributed by atoms with Gasteiger partial charge in [0.2, 0.25) is 5.91 Å². The zero-order valence-corrected chi connectivity index (χ0v) is 14.4. The van der Waals surface area contributed by atoms with E-state index in [1.54, 1.807) is 0 Å². The van der Waals surface area contributed by atoms with Gasteiger partial charge in [0, 0.05) is 38.5 Å². The van der Waals surface area contributed by atoms with Gasteiger partial charge in [0.1, 0.15) is 0 Å². The fourth-order valence-corrected chi connectivity index (χ4v) is 3.42. The Morgan fingerprint density at radius 3 is 1.83 bits per heavy atom. The van der Waals surface area contributed by atoms with Crippen molar-refractivity contribution < 1.29 is 4.79 Å². The van der Waals surface area contributed by atoms with Gasteiger partial charge >= 0.3 is 0 Å². The number of carbonyl (C=O) groups excluding carboxylic acids is 1. The highest BCUT2D eigenvalue weighted by atomic mass is 16.2. The van der Waals surface area contributed by atoms with Gasteiger partial charge in [-0.05, 0) is 17.7 Å². The molecule has 1 aliphatic rings. The van der Waals surface area contributed by atoms with Crippen LogP contribution in [-0.2, 0) is 4.79 Å². The Morgan fingerprint density at radius 2 is 1.38 bits per heavy atom. The number of hydrogen-bond donors (Lipinski definition) is 0. The molecule has 0 unspecified atom stereocenters. The van der Waals surface area contributed by atoms with Crippen LogP contribution < -0.4 is 0 Å². The number of amides is 1. The standard InChI is InChI=1S/C21H26N2O/c1-2-22-13-15-23(16-14-22)21(24)17-20(18-9-5-3-6-10-18)19-11-7-4-8-12-19/h3-12,20H,2,13-17H2,1H3. The van der Waals surface area contributed by atoms with Gasteiger partial charge in [-0.3, -0.25) is 4.79 Å². The maximum atomic E-state index is 12.9. The zero-order valence-electron chi connectivity index (χ0n) is 14.4. The summed E-state index contributed by atoms with van der Waals surface area (Å²) in [5, 5.41) is 0. The van der Waals surface area contributed by atoms with Crippen molar-refractivity contribution in [2.45, 2.75) is 19.3 Å². The summed E-state index contributed by atoms with van der Waals surface area (Å²) in [6.45, 7) is 6.93. The van der Waals surface area contributed by atoms with E-state index < -0.39 is 0 Å².